The summed E-state index contributed by atoms with van der Waals surface area (Å²) < 4.78 is 0. The lowest BCUT2D eigenvalue weighted by Crippen LogP contribution is -2.43. The quantitative estimate of drug-likeness (QED) is 0.729. The maximum Gasteiger partial charge on any atom is 0.0585 e. The van der Waals surface area contributed by atoms with Crippen LogP contribution in [0.5, 0.6) is 0 Å². The summed E-state index contributed by atoms with van der Waals surface area (Å²) in [7, 11) is 0. The van der Waals surface area contributed by atoms with Crippen molar-refractivity contribution in [1.82, 2.24) is 5.32 Å². The molecule has 0 radical (unpaired) electrons. The Hall–Kier alpha value is 0.270. The molecule has 0 amide bonds. The van der Waals surface area contributed by atoms with Gasteiger partial charge in [-0.25, -0.2) is 0 Å². The molecule has 2 aliphatic carbocycles. The first-order valence-corrected chi connectivity index (χ1v) is 7.58. The van der Waals surface area contributed by atoms with Gasteiger partial charge in [0.2, 0.25) is 0 Å². The van der Waals surface area contributed by atoms with E-state index in [1.54, 1.807) is 0 Å². The zero-order valence-corrected chi connectivity index (χ0v) is 10.4. The van der Waals surface area contributed by atoms with Crippen molar-refractivity contribution < 1.29 is 5.11 Å². The Labute approximate surface area is 97.2 Å². The molecule has 2 N–H and O–H groups in total. The number of fused-ring (bicyclic) bond motifs is 2. The largest absolute Gasteiger partial charge is 0.395 e. The van der Waals surface area contributed by atoms with E-state index in [0.717, 1.165) is 24.0 Å². The highest BCUT2D eigenvalue weighted by Crippen LogP contribution is 2.44. The average Bonchev–Trinajstić information content (AvgIpc) is 2.85. The third-order valence-corrected chi connectivity index (χ3v) is 4.72. The van der Waals surface area contributed by atoms with Crippen LogP contribution in [-0.2, 0) is 0 Å². The molecule has 15 heavy (non-hydrogen) atoms. The molecule has 2 saturated carbocycles. The second-order valence-electron chi connectivity index (χ2n) is 5.11. The number of thioether (sulfide) groups is 1. The van der Waals surface area contributed by atoms with Gasteiger partial charge in [-0.05, 0) is 49.5 Å². The lowest BCUT2D eigenvalue weighted by atomic mass is 9.94. The van der Waals surface area contributed by atoms with Crippen molar-refractivity contribution in [2.24, 2.45) is 11.8 Å². The highest BCUT2D eigenvalue weighted by molar-refractivity contribution is 7.98. The molecule has 4 unspecified atom stereocenters. The summed E-state index contributed by atoms with van der Waals surface area (Å²) in [6.07, 6.45) is 8.91. The maximum atomic E-state index is 9.31. The first-order chi connectivity index (χ1) is 7.33. The fraction of sp³-hybridized carbons (Fsp3) is 1.00. The van der Waals surface area contributed by atoms with Crippen molar-refractivity contribution in [2.75, 3.05) is 18.6 Å². The standard InChI is InChI=1S/C12H23NOS/c1-15-5-4-11(8-14)13-12-7-9-2-3-10(12)6-9/h9-14H,2-8H2,1H3. The monoisotopic (exact) mass is 229 g/mol. The van der Waals surface area contributed by atoms with Gasteiger partial charge in [0.25, 0.3) is 0 Å². The van der Waals surface area contributed by atoms with Crippen LogP contribution in [0.25, 0.3) is 0 Å². The number of aliphatic hydroxyl groups excluding tert-OH is 1. The summed E-state index contributed by atoms with van der Waals surface area (Å²) in [5, 5.41) is 13.0. The predicted molar refractivity (Wildman–Crippen MR) is 66.2 cm³/mol. The normalized spacial score (nSPS) is 36.0. The van der Waals surface area contributed by atoms with Crippen LogP contribution in [0.4, 0.5) is 0 Å². The first kappa shape index (κ1) is 11.7. The molecular weight excluding hydrogens is 206 g/mol. The third-order valence-electron chi connectivity index (χ3n) is 4.08. The van der Waals surface area contributed by atoms with Crippen LogP contribution in [0.2, 0.25) is 0 Å². The van der Waals surface area contributed by atoms with Crippen LogP contribution in [0.1, 0.15) is 32.1 Å². The van der Waals surface area contributed by atoms with Crippen molar-refractivity contribution in [1.29, 1.82) is 0 Å². The first-order valence-electron chi connectivity index (χ1n) is 6.19. The molecule has 0 spiro atoms. The molecule has 0 aliphatic heterocycles. The van der Waals surface area contributed by atoms with Gasteiger partial charge in [0, 0.05) is 12.1 Å². The number of hydrogen-bond acceptors (Lipinski definition) is 3. The van der Waals surface area contributed by atoms with E-state index in [-0.39, 0.29) is 0 Å². The van der Waals surface area contributed by atoms with Gasteiger partial charge < -0.3 is 10.4 Å². The molecule has 2 aliphatic rings. The Morgan fingerprint density at radius 3 is 2.80 bits per heavy atom. The molecule has 88 valence electrons. The highest BCUT2D eigenvalue weighted by Gasteiger charge is 2.39. The number of nitrogens with one attached hydrogen (secondary N) is 1. The van der Waals surface area contributed by atoms with Crippen molar-refractivity contribution in [3.05, 3.63) is 0 Å². The van der Waals surface area contributed by atoms with Gasteiger partial charge >= 0.3 is 0 Å². The van der Waals surface area contributed by atoms with Crippen LogP contribution in [0, 0.1) is 11.8 Å². The van der Waals surface area contributed by atoms with Gasteiger partial charge in [0.1, 0.15) is 0 Å². The minimum absolute atomic E-state index is 0.300. The third kappa shape index (κ3) is 2.89. The van der Waals surface area contributed by atoms with E-state index in [2.05, 4.69) is 11.6 Å². The van der Waals surface area contributed by atoms with Gasteiger partial charge in [-0.3, -0.25) is 0 Å². The molecule has 2 fully saturated rings. The fourth-order valence-corrected chi connectivity index (χ4v) is 3.76. The van der Waals surface area contributed by atoms with E-state index < -0.39 is 0 Å². The van der Waals surface area contributed by atoms with Crippen molar-refractivity contribution in [2.45, 2.75) is 44.2 Å². The van der Waals surface area contributed by atoms with E-state index in [9.17, 15) is 5.11 Å². The van der Waals surface area contributed by atoms with Crippen LogP contribution >= 0.6 is 11.8 Å². The molecule has 0 aromatic heterocycles. The summed E-state index contributed by atoms with van der Waals surface area (Å²) in [5.41, 5.74) is 0. The second kappa shape index (κ2) is 5.55. The summed E-state index contributed by atoms with van der Waals surface area (Å²) in [4.78, 5) is 0. The van der Waals surface area contributed by atoms with Crippen LogP contribution in [-0.4, -0.2) is 35.8 Å². The van der Waals surface area contributed by atoms with Gasteiger partial charge in [-0.2, -0.15) is 11.8 Å². The van der Waals surface area contributed by atoms with Crippen molar-refractivity contribution >= 4 is 11.8 Å². The molecule has 2 bridgehead atoms. The number of aliphatic hydroxyl groups is 1. The molecule has 0 saturated heterocycles. The van der Waals surface area contributed by atoms with Crippen LogP contribution < -0.4 is 5.32 Å². The van der Waals surface area contributed by atoms with Gasteiger partial charge in [0.15, 0.2) is 0 Å². The highest BCUT2D eigenvalue weighted by atomic mass is 32.2. The predicted octanol–water partition coefficient (Wildman–Crippen LogP) is 1.88. The van der Waals surface area contributed by atoms with E-state index in [0.29, 0.717) is 18.7 Å². The molecule has 2 nitrogen and oxygen atoms in total. The van der Waals surface area contributed by atoms with Gasteiger partial charge in [0.05, 0.1) is 6.61 Å². The number of hydrogen-bond donors (Lipinski definition) is 2. The Morgan fingerprint density at radius 1 is 1.40 bits per heavy atom. The van der Waals surface area contributed by atoms with E-state index in [1.165, 1.54) is 25.7 Å². The Morgan fingerprint density at radius 2 is 2.27 bits per heavy atom. The molecule has 0 heterocycles. The lowest BCUT2D eigenvalue weighted by molar-refractivity contribution is 0.211. The van der Waals surface area contributed by atoms with E-state index in [4.69, 9.17) is 0 Å². The minimum Gasteiger partial charge on any atom is -0.395 e. The van der Waals surface area contributed by atoms with E-state index in [1.807, 2.05) is 11.8 Å². The Bertz CT molecular complexity index is 200. The fourth-order valence-electron chi connectivity index (χ4n) is 3.24. The summed E-state index contributed by atoms with van der Waals surface area (Å²) in [6, 6.07) is 1.05. The lowest BCUT2D eigenvalue weighted by Gasteiger charge is -2.27. The molecule has 0 aromatic carbocycles. The van der Waals surface area contributed by atoms with Gasteiger partial charge in [-0.1, -0.05) is 6.42 Å². The number of rotatable bonds is 6. The smallest absolute Gasteiger partial charge is 0.0585 e. The van der Waals surface area contributed by atoms with Crippen LogP contribution in [0.3, 0.4) is 0 Å². The average molecular weight is 229 g/mol. The molecule has 2 rings (SSSR count). The SMILES string of the molecule is CSCCC(CO)NC1CC2CCC1C2. The zero-order valence-electron chi connectivity index (χ0n) is 9.61. The van der Waals surface area contributed by atoms with Crippen molar-refractivity contribution in [3.63, 3.8) is 0 Å². The van der Waals surface area contributed by atoms with Gasteiger partial charge in [-0.15, -0.1) is 0 Å². The van der Waals surface area contributed by atoms with Crippen LogP contribution in [0.15, 0.2) is 0 Å². The Balaban J connectivity index is 1.74. The summed E-state index contributed by atoms with van der Waals surface area (Å²) in [6.45, 7) is 0.300. The molecule has 0 aromatic rings. The minimum atomic E-state index is 0.300. The Kier molecular flexibility index (Phi) is 4.35. The molecular formula is C12H23NOS. The molecule has 4 atom stereocenters. The second-order valence-corrected chi connectivity index (χ2v) is 6.09. The maximum absolute atomic E-state index is 9.31. The summed E-state index contributed by atoms with van der Waals surface area (Å²) in [5.74, 6) is 3.06. The summed E-state index contributed by atoms with van der Waals surface area (Å²) >= 11 is 1.87. The topological polar surface area (TPSA) is 32.3 Å². The van der Waals surface area contributed by atoms with E-state index >= 15 is 0 Å². The van der Waals surface area contributed by atoms with Crippen molar-refractivity contribution in [3.8, 4) is 0 Å². The zero-order chi connectivity index (χ0) is 10.7. The molecule has 3 heteroatoms.